The maximum atomic E-state index is 9.28. The summed E-state index contributed by atoms with van der Waals surface area (Å²) in [5.41, 5.74) is 5.21. The molecule has 0 radical (unpaired) electrons. The van der Waals surface area contributed by atoms with Crippen molar-refractivity contribution in [1.29, 1.82) is 5.26 Å². The zero-order valence-corrected chi connectivity index (χ0v) is 12.4. The minimum Gasteiger partial charge on any atom is -0.490 e. The van der Waals surface area contributed by atoms with Crippen LogP contribution in [0.1, 0.15) is 30.5 Å². The number of hydrogen-bond donors (Lipinski definition) is 0. The second-order valence-corrected chi connectivity index (χ2v) is 5.37. The summed E-state index contributed by atoms with van der Waals surface area (Å²) in [5, 5.41) is 9.28. The summed E-state index contributed by atoms with van der Waals surface area (Å²) in [6.45, 7) is 8.08. The smallest absolute Gasteiger partial charge is 0.137 e. The van der Waals surface area contributed by atoms with E-state index in [-0.39, 0.29) is 6.10 Å². The highest BCUT2D eigenvalue weighted by Crippen LogP contribution is 2.28. The summed E-state index contributed by atoms with van der Waals surface area (Å²) < 4.78 is 5.65. The zero-order chi connectivity index (χ0) is 14.7. The predicted molar refractivity (Wildman–Crippen MR) is 81.8 cm³/mol. The van der Waals surface area contributed by atoms with E-state index in [1.54, 1.807) is 0 Å². The molecule has 2 rings (SSSR count). The van der Waals surface area contributed by atoms with Crippen LogP contribution in [0.25, 0.3) is 11.1 Å². The van der Waals surface area contributed by atoms with E-state index < -0.39 is 0 Å². The van der Waals surface area contributed by atoms with Crippen molar-refractivity contribution >= 4 is 0 Å². The van der Waals surface area contributed by atoms with Crippen molar-refractivity contribution in [2.45, 2.75) is 33.8 Å². The molecule has 2 heteroatoms. The van der Waals surface area contributed by atoms with E-state index in [1.165, 1.54) is 11.1 Å². The van der Waals surface area contributed by atoms with Gasteiger partial charge in [0.15, 0.2) is 0 Å². The van der Waals surface area contributed by atoms with E-state index >= 15 is 0 Å². The molecule has 0 atom stereocenters. The highest BCUT2D eigenvalue weighted by molar-refractivity contribution is 5.68. The van der Waals surface area contributed by atoms with Gasteiger partial charge in [-0.25, -0.2) is 0 Å². The van der Waals surface area contributed by atoms with Crippen LogP contribution in [0.15, 0.2) is 36.4 Å². The number of ether oxygens (including phenoxy) is 1. The molecule has 0 N–H and O–H groups in total. The van der Waals surface area contributed by atoms with Crippen LogP contribution in [0.4, 0.5) is 0 Å². The van der Waals surface area contributed by atoms with Crippen LogP contribution in [0.5, 0.6) is 5.75 Å². The summed E-state index contributed by atoms with van der Waals surface area (Å²) in [7, 11) is 0. The summed E-state index contributed by atoms with van der Waals surface area (Å²) in [5.74, 6) is 0.649. The first-order chi connectivity index (χ1) is 9.49. The van der Waals surface area contributed by atoms with Gasteiger partial charge in [0.05, 0.1) is 11.7 Å². The van der Waals surface area contributed by atoms with E-state index in [0.29, 0.717) is 11.3 Å². The maximum Gasteiger partial charge on any atom is 0.137 e. The number of hydrogen-bond acceptors (Lipinski definition) is 2. The Kier molecular flexibility index (Phi) is 4.10. The lowest BCUT2D eigenvalue weighted by Gasteiger charge is -2.12. The molecule has 20 heavy (non-hydrogen) atoms. The summed E-state index contributed by atoms with van der Waals surface area (Å²) >= 11 is 0. The minimum atomic E-state index is 0.0640. The molecule has 0 spiro atoms. The Labute approximate surface area is 120 Å². The lowest BCUT2D eigenvalue weighted by Crippen LogP contribution is -2.06. The summed E-state index contributed by atoms with van der Waals surface area (Å²) in [4.78, 5) is 0. The molecule has 0 amide bonds. The second kappa shape index (κ2) is 5.79. The Morgan fingerprint density at radius 1 is 0.950 bits per heavy atom. The van der Waals surface area contributed by atoms with Crippen molar-refractivity contribution in [3.8, 4) is 22.9 Å². The Bertz CT molecular complexity index is 645. The minimum absolute atomic E-state index is 0.0640. The highest BCUT2D eigenvalue weighted by atomic mass is 16.5. The van der Waals surface area contributed by atoms with Gasteiger partial charge in [0, 0.05) is 0 Å². The molecular weight excluding hydrogens is 246 g/mol. The first kappa shape index (κ1) is 14.1. The van der Waals surface area contributed by atoms with Crippen LogP contribution in [0.2, 0.25) is 0 Å². The van der Waals surface area contributed by atoms with E-state index in [0.717, 1.165) is 11.1 Å². The van der Waals surface area contributed by atoms with E-state index in [1.807, 2.05) is 32.0 Å². The molecule has 0 aliphatic heterocycles. The number of nitrogens with zero attached hydrogens (tertiary/aromatic N) is 1. The molecule has 0 fully saturated rings. The van der Waals surface area contributed by atoms with Crippen molar-refractivity contribution in [1.82, 2.24) is 0 Å². The Morgan fingerprint density at radius 3 is 2.15 bits per heavy atom. The van der Waals surface area contributed by atoms with Crippen LogP contribution in [0.3, 0.4) is 0 Å². The summed E-state index contributed by atoms with van der Waals surface area (Å²) in [6, 6.07) is 14.4. The predicted octanol–water partition coefficient (Wildman–Crippen LogP) is 4.63. The van der Waals surface area contributed by atoms with Crippen molar-refractivity contribution in [3.05, 3.63) is 53.1 Å². The molecule has 0 saturated carbocycles. The van der Waals surface area contributed by atoms with Crippen LogP contribution in [-0.2, 0) is 0 Å². The standard InChI is InChI=1S/C18H19NO/c1-12(2)20-18-6-5-15(10-17(18)11-19)16-8-13(3)7-14(4)9-16/h5-10,12H,1-4H3. The van der Waals surface area contributed by atoms with E-state index in [9.17, 15) is 5.26 Å². The average molecular weight is 265 g/mol. The molecular formula is C18H19NO. The molecule has 0 aliphatic carbocycles. The second-order valence-electron chi connectivity index (χ2n) is 5.37. The molecule has 2 nitrogen and oxygen atoms in total. The van der Waals surface area contributed by atoms with Crippen LogP contribution in [-0.4, -0.2) is 6.10 Å². The fourth-order valence-electron chi connectivity index (χ4n) is 2.29. The molecule has 2 aromatic rings. The number of aryl methyl sites for hydroxylation is 2. The molecule has 0 aromatic heterocycles. The molecule has 0 heterocycles. The van der Waals surface area contributed by atoms with Gasteiger partial charge in [0.1, 0.15) is 11.8 Å². The lowest BCUT2D eigenvalue weighted by atomic mass is 9.99. The van der Waals surface area contributed by atoms with Gasteiger partial charge in [-0.1, -0.05) is 35.4 Å². The van der Waals surface area contributed by atoms with Gasteiger partial charge in [-0.2, -0.15) is 5.26 Å². The van der Waals surface area contributed by atoms with E-state index in [4.69, 9.17) is 4.74 Å². The monoisotopic (exact) mass is 265 g/mol. The SMILES string of the molecule is Cc1cc(C)cc(-c2ccc(OC(C)C)c(C#N)c2)c1. The molecule has 0 aliphatic rings. The molecule has 0 saturated heterocycles. The fraction of sp³-hybridized carbons (Fsp3) is 0.278. The first-order valence-electron chi connectivity index (χ1n) is 6.79. The third-order valence-electron chi connectivity index (χ3n) is 3.02. The van der Waals surface area contributed by atoms with Crippen molar-refractivity contribution in [2.24, 2.45) is 0 Å². The van der Waals surface area contributed by atoms with Gasteiger partial charge in [0.2, 0.25) is 0 Å². The normalized spacial score (nSPS) is 10.4. The molecule has 2 aromatic carbocycles. The summed E-state index contributed by atoms with van der Waals surface area (Å²) in [6.07, 6.45) is 0.0640. The van der Waals surface area contributed by atoms with Gasteiger partial charge in [-0.15, -0.1) is 0 Å². The number of rotatable bonds is 3. The van der Waals surface area contributed by atoms with Crippen molar-refractivity contribution < 1.29 is 4.74 Å². The van der Waals surface area contributed by atoms with Crippen LogP contribution in [0, 0.1) is 25.2 Å². The Balaban J connectivity index is 2.46. The van der Waals surface area contributed by atoms with Gasteiger partial charge in [0.25, 0.3) is 0 Å². The lowest BCUT2D eigenvalue weighted by molar-refractivity contribution is 0.242. The van der Waals surface area contributed by atoms with Gasteiger partial charge in [-0.3, -0.25) is 0 Å². The Hall–Kier alpha value is -2.27. The maximum absolute atomic E-state index is 9.28. The molecule has 0 unspecified atom stereocenters. The number of benzene rings is 2. The zero-order valence-electron chi connectivity index (χ0n) is 12.4. The first-order valence-corrected chi connectivity index (χ1v) is 6.79. The third-order valence-corrected chi connectivity index (χ3v) is 3.02. The van der Waals surface area contributed by atoms with Crippen molar-refractivity contribution in [3.63, 3.8) is 0 Å². The van der Waals surface area contributed by atoms with E-state index in [2.05, 4.69) is 38.1 Å². The van der Waals surface area contributed by atoms with Gasteiger partial charge in [-0.05, 0) is 51.0 Å². The van der Waals surface area contributed by atoms with Gasteiger partial charge >= 0.3 is 0 Å². The molecule has 102 valence electrons. The van der Waals surface area contributed by atoms with Crippen LogP contribution < -0.4 is 4.74 Å². The van der Waals surface area contributed by atoms with Crippen molar-refractivity contribution in [2.75, 3.05) is 0 Å². The number of nitriles is 1. The van der Waals surface area contributed by atoms with Crippen LogP contribution >= 0.6 is 0 Å². The molecule has 0 bridgehead atoms. The average Bonchev–Trinajstić information content (AvgIpc) is 2.37. The fourth-order valence-corrected chi connectivity index (χ4v) is 2.29. The highest BCUT2D eigenvalue weighted by Gasteiger charge is 2.08. The van der Waals surface area contributed by atoms with Gasteiger partial charge < -0.3 is 4.74 Å². The quantitative estimate of drug-likeness (QED) is 0.810. The Morgan fingerprint density at radius 2 is 1.60 bits per heavy atom. The topological polar surface area (TPSA) is 33.0 Å². The third kappa shape index (κ3) is 3.19. The largest absolute Gasteiger partial charge is 0.490 e.